The molecule has 1 saturated carbocycles. The summed E-state index contributed by atoms with van der Waals surface area (Å²) in [7, 11) is 0. The molecule has 0 radical (unpaired) electrons. The molecule has 0 aromatic heterocycles. The Labute approximate surface area is 108 Å². The Morgan fingerprint density at radius 3 is 2.50 bits per heavy atom. The molecule has 0 aromatic rings. The van der Waals surface area contributed by atoms with Crippen LogP contribution in [0.4, 0.5) is 0 Å². The lowest BCUT2D eigenvalue weighted by Gasteiger charge is -2.25. The molecule has 2 fully saturated rings. The van der Waals surface area contributed by atoms with Crippen molar-refractivity contribution in [1.29, 1.82) is 0 Å². The van der Waals surface area contributed by atoms with E-state index >= 15 is 0 Å². The highest BCUT2D eigenvalue weighted by Gasteiger charge is 2.41. The zero-order valence-corrected chi connectivity index (χ0v) is 10.9. The van der Waals surface area contributed by atoms with Crippen LogP contribution in [0.1, 0.15) is 44.9 Å². The average molecular weight is 250 g/mol. The van der Waals surface area contributed by atoms with Crippen molar-refractivity contribution in [3.05, 3.63) is 12.7 Å². The predicted molar refractivity (Wildman–Crippen MR) is 69.9 cm³/mol. The van der Waals surface area contributed by atoms with Crippen LogP contribution in [0.3, 0.4) is 0 Å². The molecule has 1 atom stereocenters. The lowest BCUT2D eigenvalue weighted by Crippen LogP contribution is -2.43. The lowest BCUT2D eigenvalue weighted by molar-refractivity contribution is -0.141. The highest BCUT2D eigenvalue weighted by Crippen LogP contribution is 2.26. The Hall–Kier alpha value is -1.16. The van der Waals surface area contributed by atoms with Gasteiger partial charge in [-0.05, 0) is 12.8 Å². The number of likely N-dealkylation sites (tertiary alicyclic amines) is 1. The topological polar surface area (TPSA) is 49.4 Å². The third-order valence-corrected chi connectivity index (χ3v) is 3.88. The highest BCUT2D eigenvalue weighted by atomic mass is 16.2. The van der Waals surface area contributed by atoms with Crippen molar-refractivity contribution in [3.8, 4) is 0 Å². The van der Waals surface area contributed by atoms with Crippen molar-refractivity contribution in [3.63, 3.8) is 0 Å². The molecule has 1 unspecified atom stereocenters. The predicted octanol–water partition coefficient (Wildman–Crippen LogP) is 1.61. The number of hydrogen-bond acceptors (Lipinski definition) is 3. The van der Waals surface area contributed by atoms with Crippen LogP contribution in [-0.2, 0) is 9.59 Å². The van der Waals surface area contributed by atoms with E-state index in [-0.39, 0.29) is 23.9 Å². The number of carbonyl (C=O) groups excluding carboxylic acids is 2. The molecule has 0 spiro atoms. The monoisotopic (exact) mass is 250 g/mol. The van der Waals surface area contributed by atoms with Crippen molar-refractivity contribution in [2.45, 2.75) is 57.0 Å². The van der Waals surface area contributed by atoms with E-state index in [1.165, 1.54) is 17.7 Å². The van der Waals surface area contributed by atoms with Gasteiger partial charge < -0.3 is 5.32 Å². The van der Waals surface area contributed by atoms with Gasteiger partial charge in [-0.3, -0.25) is 14.5 Å². The largest absolute Gasteiger partial charge is 0.302 e. The molecule has 1 heterocycles. The van der Waals surface area contributed by atoms with Crippen LogP contribution in [0, 0.1) is 0 Å². The zero-order valence-electron chi connectivity index (χ0n) is 10.9. The molecule has 1 saturated heterocycles. The molecule has 2 rings (SSSR count). The summed E-state index contributed by atoms with van der Waals surface area (Å²) < 4.78 is 0. The van der Waals surface area contributed by atoms with E-state index in [9.17, 15) is 9.59 Å². The number of nitrogens with zero attached hydrogens (tertiary/aromatic N) is 1. The summed E-state index contributed by atoms with van der Waals surface area (Å²) in [5.41, 5.74) is 0. The number of amides is 2. The van der Waals surface area contributed by atoms with Gasteiger partial charge >= 0.3 is 0 Å². The van der Waals surface area contributed by atoms with E-state index in [1.807, 2.05) is 0 Å². The van der Waals surface area contributed by atoms with E-state index in [0.29, 0.717) is 13.0 Å². The first-order valence-corrected chi connectivity index (χ1v) is 6.94. The van der Waals surface area contributed by atoms with Crippen LogP contribution in [0.15, 0.2) is 12.7 Å². The summed E-state index contributed by atoms with van der Waals surface area (Å²) >= 11 is 0. The van der Waals surface area contributed by atoms with Gasteiger partial charge in [-0.2, -0.15) is 0 Å². The van der Waals surface area contributed by atoms with Gasteiger partial charge in [0.2, 0.25) is 11.8 Å². The molecule has 0 aromatic carbocycles. The van der Waals surface area contributed by atoms with Gasteiger partial charge in [0, 0.05) is 12.6 Å². The first-order valence-electron chi connectivity index (χ1n) is 6.94. The van der Waals surface area contributed by atoms with Crippen molar-refractivity contribution in [2.75, 3.05) is 6.54 Å². The summed E-state index contributed by atoms with van der Waals surface area (Å²) in [4.78, 5) is 25.8. The Morgan fingerprint density at radius 2 is 1.89 bits per heavy atom. The van der Waals surface area contributed by atoms with Gasteiger partial charge in [0.25, 0.3) is 0 Å². The maximum Gasteiger partial charge on any atom is 0.247 e. The molecule has 1 N–H and O–H groups in total. The van der Waals surface area contributed by atoms with Gasteiger partial charge in [0.15, 0.2) is 0 Å². The molecular weight excluding hydrogens is 228 g/mol. The van der Waals surface area contributed by atoms with E-state index in [0.717, 1.165) is 25.7 Å². The van der Waals surface area contributed by atoms with Gasteiger partial charge in [-0.25, -0.2) is 0 Å². The van der Waals surface area contributed by atoms with Crippen LogP contribution in [0.25, 0.3) is 0 Å². The first kappa shape index (κ1) is 13.3. The number of rotatable bonds is 4. The SMILES string of the molecule is C=CCNC1CC(=O)N(C2CCCCCC2)C1=O. The number of hydrogen-bond donors (Lipinski definition) is 1. The summed E-state index contributed by atoms with van der Waals surface area (Å²) in [5.74, 6) is -0.0396. The minimum atomic E-state index is -0.334. The van der Waals surface area contributed by atoms with E-state index in [1.54, 1.807) is 6.08 Å². The van der Waals surface area contributed by atoms with Crippen molar-refractivity contribution >= 4 is 11.8 Å². The Morgan fingerprint density at radius 1 is 1.22 bits per heavy atom. The lowest BCUT2D eigenvalue weighted by atomic mass is 10.1. The third kappa shape index (κ3) is 2.80. The van der Waals surface area contributed by atoms with Gasteiger partial charge in [0.1, 0.15) is 0 Å². The Balaban J connectivity index is 2.00. The minimum Gasteiger partial charge on any atom is -0.302 e. The van der Waals surface area contributed by atoms with Crippen LogP contribution in [0.2, 0.25) is 0 Å². The fourth-order valence-electron chi connectivity index (χ4n) is 2.94. The Bertz CT molecular complexity index is 333. The summed E-state index contributed by atoms with van der Waals surface area (Å²) in [6.45, 7) is 4.19. The maximum atomic E-state index is 12.2. The smallest absolute Gasteiger partial charge is 0.247 e. The summed E-state index contributed by atoms with van der Waals surface area (Å²) in [6, 6.07) is -0.193. The van der Waals surface area contributed by atoms with E-state index in [2.05, 4.69) is 11.9 Å². The second-order valence-corrected chi connectivity index (χ2v) is 5.20. The quantitative estimate of drug-likeness (QED) is 0.468. The fraction of sp³-hybridized carbons (Fsp3) is 0.714. The molecular formula is C14H22N2O2. The molecule has 4 heteroatoms. The summed E-state index contributed by atoms with van der Waals surface area (Å²) in [5, 5.41) is 3.07. The normalized spacial score (nSPS) is 26.4. The molecule has 2 aliphatic rings. The van der Waals surface area contributed by atoms with Crippen LogP contribution < -0.4 is 5.32 Å². The zero-order chi connectivity index (χ0) is 13.0. The van der Waals surface area contributed by atoms with Gasteiger partial charge in [-0.1, -0.05) is 31.8 Å². The van der Waals surface area contributed by atoms with E-state index < -0.39 is 0 Å². The molecule has 18 heavy (non-hydrogen) atoms. The van der Waals surface area contributed by atoms with Crippen LogP contribution >= 0.6 is 0 Å². The first-order chi connectivity index (χ1) is 8.74. The number of imide groups is 1. The van der Waals surface area contributed by atoms with Gasteiger partial charge in [-0.15, -0.1) is 6.58 Å². The van der Waals surface area contributed by atoms with E-state index in [4.69, 9.17) is 0 Å². The summed E-state index contributed by atoms with van der Waals surface area (Å²) in [6.07, 6.45) is 8.70. The van der Waals surface area contributed by atoms with Crippen molar-refractivity contribution in [2.24, 2.45) is 0 Å². The number of carbonyl (C=O) groups is 2. The number of nitrogens with one attached hydrogen (secondary N) is 1. The Kier molecular flexibility index (Phi) is 4.53. The van der Waals surface area contributed by atoms with Crippen LogP contribution in [-0.4, -0.2) is 35.3 Å². The standard InChI is InChI=1S/C14H22N2O2/c1-2-9-15-12-10-13(17)16(14(12)18)11-7-5-3-4-6-8-11/h2,11-12,15H,1,3-10H2. The molecule has 1 aliphatic heterocycles. The van der Waals surface area contributed by atoms with Gasteiger partial charge in [0.05, 0.1) is 12.5 Å². The van der Waals surface area contributed by atoms with Crippen LogP contribution in [0.5, 0.6) is 0 Å². The highest BCUT2D eigenvalue weighted by molar-refractivity contribution is 6.05. The van der Waals surface area contributed by atoms with Crippen molar-refractivity contribution in [1.82, 2.24) is 10.2 Å². The second kappa shape index (κ2) is 6.14. The molecule has 4 nitrogen and oxygen atoms in total. The maximum absolute atomic E-state index is 12.2. The molecule has 0 bridgehead atoms. The second-order valence-electron chi connectivity index (χ2n) is 5.20. The molecule has 2 amide bonds. The molecule has 100 valence electrons. The fourth-order valence-corrected chi connectivity index (χ4v) is 2.94. The average Bonchev–Trinajstić information content (AvgIpc) is 2.58. The third-order valence-electron chi connectivity index (χ3n) is 3.88. The molecule has 1 aliphatic carbocycles. The van der Waals surface area contributed by atoms with Crippen molar-refractivity contribution < 1.29 is 9.59 Å². The minimum absolute atomic E-state index is 0.00605.